The SMILES string of the molecule is FC(F)(F)[C@H]1CCCN(c2cnccn2)C1. The van der Waals surface area contributed by atoms with E-state index in [1.165, 1.54) is 18.6 Å². The van der Waals surface area contributed by atoms with Crippen molar-refractivity contribution in [3.8, 4) is 0 Å². The first-order valence-electron chi connectivity index (χ1n) is 5.15. The van der Waals surface area contributed by atoms with Crippen LogP contribution in [0.25, 0.3) is 0 Å². The molecule has 2 heterocycles. The molecule has 0 amide bonds. The molecule has 0 N–H and O–H groups in total. The summed E-state index contributed by atoms with van der Waals surface area (Å²) >= 11 is 0. The van der Waals surface area contributed by atoms with Crippen molar-refractivity contribution < 1.29 is 13.2 Å². The quantitative estimate of drug-likeness (QED) is 0.742. The number of aromatic nitrogens is 2. The third-order valence-corrected chi connectivity index (χ3v) is 2.76. The first-order chi connectivity index (χ1) is 7.57. The van der Waals surface area contributed by atoms with Gasteiger partial charge < -0.3 is 4.90 Å². The number of hydrogen-bond donors (Lipinski definition) is 0. The van der Waals surface area contributed by atoms with Gasteiger partial charge in [0.15, 0.2) is 0 Å². The normalized spacial score (nSPS) is 22.2. The molecule has 6 heteroatoms. The number of hydrogen-bond acceptors (Lipinski definition) is 3. The summed E-state index contributed by atoms with van der Waals surface area (Å²) in [5.41, 5.74) is 0. The van der Waals surface area contributed by atoms with E-state index in [4.69, 9.17) is 0 Å². The van der Waals surface area contributed by atoms with Crippen LogP contribution in [-0.2, 0) is 0 Å². The van der Waals surface area contributed by atoms with Gasteiger partial charge in [-0.15, -0.1) is 0 Å². The maximum atomic E-state index is 12.6. The van der Waals surface area contributed by atoms with Gasteiger partial charge in [0.1, 0.15) is 5.82 Å². The molecule has 2 rings (SSSR count). The summed E-state index contributed by atoms with van der Waals surface area (Å²) in [5, 5.41) is 0. The Bertz CT molecular complexity index is 339. The minimum absolute atomic E-state index is 0.0117. The van der Waals surface area contributed by atoms with Gasteiger partial charge >= 0.3 is 6.18 Å². The van der Waals surface area contributed by atoms with Crippen molar-refractivity contribution in [2.75, 3.05) is 18.0 Å². The molecule has 0 saturated carbocycles. The van der Waals surface area contributed by atoms with Crippen molar-refractivity contribution in [2.24, 2.45) is 5.92 Å². The fourth-order valence-corrected chi connectivity index (χ4v) is 1.91. The van der Waals surface area contributed by atoms with Gasteiger partial charge in [-0.3, -0.25) is 4.98 Å². The van der Waals surface area contributed by atoms with E-state index in [1.54, 1.807) is 4.90 Å². The van der Waals surface area contributed by atoms with Crippen LogP contribution >= 0.6 is 0 Å². The second-order valence-electron chi connectivity index (χ2n) is 3.89. The molecule has 1 aliphatic rings. The summed E-state index contributed by atoms with van der Waals surface area (Å²) in [6.45, 7) is 0.605. The highest BCUT2D eigenvalue weighted by molar-refractivity contribution is 5.35. The zero-order chi connectivity index (χ0) is 11.6. The number of nitrogens with zero attached hydrogens (tertiary/aromatic N) is 3. The highest BCUT2D eigenvalue weighted by Crippen LogP contribution is 2.34. The van der Waals surface area contributed by atoms with Crippen LogP contribution in [-0.4, -0.2) is 29.2 Å². The summed E-state index contributed by atoms with van der Waals surface area (Å²) < 4.78 is 37.7. The van der Waals surface area contributed by atoms with Crippen molar-refractivity contribution in [3.63, 3.8) is 0 Å². The smallest absolute Gasteiger partial charge is 0.355 e. The molecular formula is C10H12F3N3. The summed E-state index contributed by atoms with van der Waals surface area (Å²) in [6.07, 6.45) is 1.14. The van der Waals surface area contributed by atoms with Crippen molar-refractivity contribution >= 4 is 5.82 Å². The lowest BCUT2D eigenvalue weighted by molar-refractivity contribution is -0.176. The summed E-state index contributed by atoms with van der Waals surface area (Å²) in [4.78, 5) is 9.52. The van der Waals surface area contributed by atoms with E-state index >= 15 is 0 Å². The molecule has 88 valence electrons. The van der Waals surface area contributed by atoms with Crippen LogP contribution in [0.4, 0.5) is 19.0 Å². The van der Waals surface area contributed by atoms with Gasteiger partial charge in [-0.2, -0.15) is 13.2 Å². The Labute approximate surface area is 91.3 Å². The van der Waals surface area contributed by atoms with Gasteiger partial charge in [-0.25, -0.2) is 4.98 Å². The van der Waals surface area contributed by atoms with Crippen LogP contribution in [0.15, 0.2) is 18.6 Å². The molecule has 16 heavy (non-hydrogen) atoms. The fraction of sp³-hybridized carbons (Fsp3) is 0.600. The summed E-state index contributed by atoms with van der Waals surface area (Å²) in [5.74, 6) is -0.722. The Balaban J connectivity index is 2.08. The van der Waals surface area contributed by atoms with Crippen molar-refractivity contribution in [2.45, 2.75) is 19.0 Å². The zero-order valence-electron chi connectivity index (χ0n) is 8.61. The van der Waals surface area contributed by atoms with Crippen LogP contribution < -0.4 is 4.90 Å². The molecule has 0 aliphatic carbocycles. The van der Waals surface area contributed by atoms with E-state index in [0.717, 1.165) is 0 Å². The van der Waals surface area contributed by atoms with Gasteiger partial charge in [0.25, 0.3) is 0 Å². The van der Waals surface area contributed by atoms with Crippen molar-refractivity contribution in [1.82, 2.24) is 9.97 Å². The number of anilines is 1. The maximum Gasteiger partial charge on any atom is 0.393 e. The van der Waals surface area contributed by atoms with E-state index in [-0.39, 0.29) is 13.0 Å². The predicted molar refractivity (Wildman–Crippen MR) is 53.0 cm³/mol. The van der Waals surface area contributed by atoms with E-state index in [0.29, 0.717) is 18.8 Å². The third-order valence-electron chi connectivity index (χ3n) is 2.76. The molecule has 1 fully saturated rings. The Morgan fingerprint density at radius 3 is 2.75 bits per heavy atom. The molecule has 1 atom stereocenters. The van der Waals surface area contributed by atoms with E-state index in [2.05, 4.69) is 9.97 Å². The average Bonchev–Trinajstić information content (AvgIpc) is 2.29. The van der Waals surface area contributed by atoms with E-state index in [9.17, 15) is 13.2 Å². The Morgan fingerprint density at radius 1 is 1.31 bits per heavy atom. The monoisotopic (exact) mass is 231 g/mol. The molecule has 1 aromatic rings. The Kier molecular flexibility index (Phi) is 2.98. The van der Waals surface area contributed by atoms with Crippen LogP contribution in [0.5, 0.6) is 0 Å². The number of alkyl halides is 3. The maximum absolute atomic E-state index is 12.6. The van der Waals surface area contributed by atoms with Crippen molar-refractivity contribution in [3.05, 3.63) is 18.6 Å². The minimum atomic E-state index is -4.11. The highest BCUT2D eigenvalue weighted by Gasteiger charge is 2.41. The van der Waals surface area contributed by atoms with Gasteiger partial charge in [-0.05, 0) is 12.8 Å². The molecule has 1 aliphatic heterocycles. The minimum Gasteiger partial charge on any atom is -0.355 e. The van der Waals surface area contributed by atoms with Crippen molar-refractivity contribution in [1.29, 1.82) is 0 Å². The molecular weight excluding hydrogens is 219 g/mol. The predicted octanol–water partition coefficient (Wildman–Crippen LogP) is 2.26. The Morgan fingerprint density at radius 2 is 2.12 bits per heavy atom. The standard InChI is InChI=1S/C10H12F3N3/c11-10(12,13)8-2-1-5-16(7-8)9-6-14-3-4-15-9/h3-4,6,8H,1-2,5,7H2/t8-/m0/s1. The molecule has 0 radical (unpaired) electrons. The third kappa shape index (κ3) is 2.43. The van der Waals surface area contributed by atoms with Gasteiger partial charge in [-0.1, -0.05) is 0 Å². The van der Waals surface area contributed by atoms with E-state index in [1.807, 2.05) is 0 Å². The van der Waals surface area contributed by atoms with Gasteiger partial charge in [0.2, 0.25) is 0 Å². The van der Waals surface area contributed by atoms with Gasteiger partial charge in [0, 0.05) is 25.5 Å². The lowest BCUT2D eigenvalue weighted by Crippen LogP contribution is -2.42. The largest absolute Gasteiger partial charge is 0.393 e. The molecule has 0 bridgehead atoms. The molecule has 3 nitrogen and oxygen atoms in total. The average molecular weight is 231 g/mol. The lowest BCUT2D eigenvalue weighted by Gasteiger charge is -2.34. The number of piperidine rings is 1. The highest BCUT2D eigenvalue weighted by atomic mass is 19.4. The number of rotatable bonds is 1. The lowest BCUT2D eigenvalue weighted by atomic mass is 9.98. The first kappa shape index (κ1) is 11.2. The Hall–Kier alpha value is -1.33. The van der Waals surface area contributed by atoms with E-state index < -0.39 is 12.1 Å². The molecule has 0 unspecified atom stereocenters. The summed E-state index contributed by atoms with van der Waals surface area (Å²) in [7, 11) is 0. The zero-order valence-corrected chi connectivity index (χ0v) is 8.61. The molecule has 0 aromatic carbocycles. The fourth-order valence-electron chi connectivity index (χ4n) is 1.91. The molecule has 0 spiro atoms. The van der Waals surface area contributed by atoms with Crippen LogP contribution in [0.2, 0.25) is 0 Å². The van der Waals surface area contributed by atoms with Crippen LogP contribution in [0, 0.1) is 5.92 Å². The van der Waals surface area contributed by atoms with Crippen LogP contribution in [0.1, 0.15) is 12.8 Å². The second-order valence-corrected chi connectivity index (χ2v) is 3.89. The number of halogens is 3. The van der Waals surface area contributed by atoms with Crippen LogP contribution in [0.3, 0.4) is 0 Å². The van der Waals surface area contributed by atoms with Gasteiger partial charge in [0.05, 0.1) is 12.1 Å². The second kappa shape index (κ2) is 4.27. The molecule has 1 saturated heterocycles. The first-order valence-corrected chi connectivity index (χ1v) is 5.15. The topological polar surface area (TPSA) is 29.0 Å². The molecule has 1 aromatic heterocycles. The summed E-state index contributed by atoms with van der Waals surface area (Å²) in [6, 6.07) is 0.